The molecule has 1 heterocycles. The number of benzene rings is 2. The molecule has 0 fully saturated rings. The molecule has 3 aromatic rings. The zero-order chi connectivity index (χ0) is 15.7. The smallest absolute Gasteiger partial charge is 0.265 e. The number of hydrogen-bond donors (Lipinski definition) is 0. The van der Waals surface area contributed by atoms with Gasteiger partial charge in [0.25, 0.3) is 5.56 Å². The maximum Gasteiger partial charge on any atom is 0.297 e. The second-order valence-electron chi connectivity index (χ2n) is 6.29. The van der Waals surface area contributed by atoms with Crippen LogP contribution in [-0.2, 0) is 5.41 Å². The first-order chi connectivity index (χ1) is 10.4. The Bertz CT molecular complexity index is 881. The van der Waals surface area contributed by atoms with Gasteiger partial charge in [-0.25, -0.2) is 4.98 Å². The van der Waals surface area contributed by atoms with Crippen LogP contribution in [0.5, 0.6) is 0 Å². The highest BCUT2D eigenvalue weighted by atomic mass is 16.1. The molecule has 0 radical (unpaired) electrons. The van der Waals surface area contributed by atoms with Gasteiger partial charge in [0.15, 0.2) is 5.82 Å². The van der Waals surface area contributed by atoms with E-state index < -0.39 is 0 Å². The first kappa shape index (κ1) is 14.3. The van der Waals surface area contributed by atoms with Crippen LogP contribution in [0.3, 0.4) is 0 Å². The van der Waals surface area contributed by atoms with E-state index >= 15 is 0 Å². The van der Waals surface area contributed by atoms with E-state index in [4.69, 9.17) is 0 Å². The second-order valence-corrected chi connectivity index (χ2v) is 6.29. The van der Waals surface area contributed by atoms with Crippen molar-refractivity contribution in [3.05, 3.63) is 64.4 Å². The Hall–Kier alpha value is -2.62. The fourth-order valence-electron chi connectivity index (χ4n) is 2.28. The van der Waals surface area contributed by atoms with Crippen LogP contribution in [0.4, 0.5) is 0 Å². The quantitative estimate of drug-likeness (QED) is 0.690. The topological polar surface area (TPSA) is 55.7 Å². The lowest BCUT2D eigenvalue weighted by atomic mass is 9.87. The Balaban J connectivity index is 2.15. The fourth-order valence-corrected chi connectivity index (χ4v) is 2.28. The normalized spacial score (nSPS) is 11.6. The molecule has 0 saturated heterocycles. The summed E-state index contributed by atoms with van der Waals surface area (Å²) < 4.78 is 0. The van der Waals surface area contributed by atoms with Crippen LogP contribution in [0.25, 0.3) is 22.3 Å². The largest absolute Gasteiger partial charge is 0.297 e. The van der Waals surface area contributed by atoms with Crippen LogP contribution < -0.4 is 5.56 Å². The molecule has 0 aliphatic rings. The van der Waals surface area contributed by atoms with E-state index in [1.54, 1.807) is 18.2 Å². The molecule has 110 valence electrons. The monoisotopic (exact) mass is 291 g/mol. The molecule has 0 saturated carbocycles. The number of nitrogens with zero attached hydrogens (tertiary/aromatic N) is 3. The number of para-hydroxylation sites is 1. The minimum absolute atomic E-state index is 0.0911. The molecule has 0 atom stereocenters. The van der Waals surface area contributed by atoms with E-state index in [2.05, 4.69) is 48.1 Å². The first-order valence-electron chi connectivity index (χ1n) is 7.20. The molecule has 0 unspecified atom stereocenters. The van der Waals surface area contributed by atoms with Crippen molar-refractivity contribution in [1.29, 1.82) is 0 Å². The molecular formula is C18H17N3O. The van der Waals surface area contributed by atoms with Crippen molar-refractivity contribution in [3.8, 4) is 11.4 Å². The summed E-state index contributed by atoms with van der Waals surface area (Å²) in [6.45, 7) is 6.50. The maximum atomic E-state index is 11.9. The number of hydrogen-bond acceptors (Lipinski definition) is 4. The fraction of sp³-hybridized carbons (Fsp3) is 0.222. The van der Waals surface area contributed by atoms with Gasteiger partial charge >= 0.3 is 0 Å². The Kier molecular flexibility index (Phi) is 3.45. The molecule has 3 rings (SSSR count). The first-order valence-corrected chi connectivity index (χ1v) is 7.20. The lowest BCUT2D eigenvalue weighted by Crippen LogP contribution is -2.10. The van der Waals surface area contributed by atoms with E-state index in [1.807, 2.05) is 18.2 Å². The molecule has 22 heavy (non-hydrogen) atoms. The molecule has 0 bridgehead atoms. The Labute approximate surface area is 128 Å². The van der Waals surface area contributed by atoms with Gasteiger partial charge in [0.1, 0.15) is 0 Å². The zero-order valence-corrected chi connectivity index (χ0v) is 12.9. The van der Waals surface area contributed by atoms with Gasteiger partial charge in [0.2, 0.25) is 0 Å². The second kappa shape index (κ2) is 5.30. The van der Waals surface area contributed by atoms with Gasteiger partial charge in [-0.05, 0) is 23.1 Å². The molecule has 0 aliphatic carbocycles. The van der Waals surface area contributed by atoms with E-state index in [9.17, 15) is 4.79 Å². The summed E-state index contributed by atoms with van der Waals surface area (Å²) in [7, 11) is 0. The van der Waals surface area contributed by atoms with Gasteiger partial charge in [0.05, 0.1) is 10.9 Å². The Morgan fingerprint density at radius 3 is 2.23 bits per heavy atom. The molecular weight excluding hydrogens is 274 g/mol. The number of aromatic nitrogens is 3. The van der Waals surface area contributed by atoms with Gasteiger partial charge in [-0.15, -0.1) is 10.2 Å². The van der Waals surface area contributed by atoms with Crippen LogP contribution in [0.2, 0.25) is 0 Å². The summed E-state index contributed by atoms with van der Waals surface area (Å²) in [6.07, 6.45) is 0. The standard InChI is InChI=1S/C18H17N3O/c1-18(2,3)13-10-8-12(9-11-13)16-19-15-7-5-4-6-14(15)17(22)21-20-16/h4-11H,1-3H3. The molecule has 1 aromatic heterocycles. The zero-order valence-electron chi connectivity index (χ0n) is 12.9. The van der Waals surface area contributed by atoms with E-state index in [-0.39, 0.29) is 11.0 Å². The van der Waals surface area contributed by atoms with Crippen molar-refractivity contribution in [2.75, 3.05) is 0 Å². The highest BCUT2D eigenvalue weighted by molar-refractivity contribution is 5.78. The van der Waals surface area contributed by atoms with Crippen LogP contribution in [0.15, 0.2) is 53.3 Å². The molecule has 0 spiro atoms. The SMILES string of the molecule is CC(C)(C)c1ccc(-c2nnc(=O)c3ccccc3n2)cc1. The van der Waals surface area contributed by atoms with Gasteiger partial charge < -0.3 is 0 Å². The Morgan fingerprint density at radius 2 is 1.55 bits per heavy atom. The van der Waals surface area contributed by atoms with Crippen molar-refractivity contribution >= 4 is 10.9 Å². The lowest BCUT2D eigenvalue weighted by molar-refractivity contribution is 0.590. The maximum absolute atomic E-state index is 11.9. The molecule has 4 heteroatoms. The summed E-state index contributed by atoms with van der Waals surface area (Å²) >= 11 is 0. The summed E-state index contributed by atoms with van der Waals surface area (Å²) in [6, 6.07) is 15.2. The average Bonchev–Trinajstić information content (AvgIpc) is 2.66. The van der Waals surface area contributed by atoms with Crippen molar-refractivity contribution in [2.24, 2.45) is 0 Å². The third-order valence-electron chi connectivity index (χ3n) is 3.61. The van der Waals surface area contributed by atoms with Gasteiger partial charge in [-0.2, -0.15) is 0 Å². The minimum atomic E-state index is -0.360. The van der Waals surface area contributed by atoms with Gasteiger partial charge in [-0.1, -0.05) is 57.2 Å². The molecule has 0 aliphatic heterocycles. The van der Waals surface area contributed by atoms with E-state index in [0.29, 0.717) is 16.7 Å². The average molecular weight is 291 g/mol. The summed E-state index contributed by atoms with van der Waals surface area (Å²) in [5, 5.41) is 8.23. The van der Waals surface area contributed by atoms with Crippen LogP contribution in [-0.4, -0.2) is 15.2 Å². The van der Waals surface area contributed by atoms with Gasteiger partial charge in [0, 0.05) is 5.56 Å². The Morgan fingerprint density at radius 1 is 0.864 bits per heavy atom. The summed E-state index contributed by atoms with van der Waals surface area (Å²) in [5.74, 6) is 0.457. The summed E-state index contributed by atoms with van der Waals surface area (Å²) in [4.78, 5) is 16.4. The highest BCUT2D eigenvalue weighted by Gasteiger charge is 2.13. The van der Waals surface area contributed by atoms with Crippen LogP contribution in [0, 0.1) is 0 Å². The van der Waals surface area contributed by atoms with Crippen molar-refractivity contribution in [1.82, 2.24) is 15.2 Å². The number of rotatable bonds is 1. The number of fused-ring (bicyclic) bond motifs is 1. The van der Waals surface area contributed by atoms with Crippen molar-refractivity contribution in [2.45, 2.75) is 26.2 Å². The van der Waals surface area contributed by atoms with Crippen LogP contribution >= 0.6 is 0 Å². The van der Waals surface area contributed by atoms with E-state index in [1.165, 1.54) is 5.56 Å². The molecule has 0 amide bonds. The highest BCUT2D eigenvalue weighted by Crippen LogP contribution is 2.24. The molecule has 0 N–H and O–H groups in total. The molecule has 2 aromatic carbocycles. The molecule has 4 nitrogen and oxygen atoms in total. The van der Waals surface area contributed by atoms with Crippen molar-refractivity contribution < 1.29 is 0 Å². The summed E-state index contributed by atoms with van der Waals surface area (Å²) in [5.41, 5.74) is 2.42. The third kappa shape index (κ3) is 2.72. The van der Waals surface area contributed by atoms with Crippen molar-refractivity contribution in [3.63, 3.8) is 0 Å². The third-order valence-corrected chi connectivity index (χ3v) is 3.61. The predicted octanol–water partition coefficient (Wildman–Crippen LogP) is 3.35. The van der Waals surface area contributed by atoms with Gasteiger partial charge in [-0.3, -0.25) is 4.79 Å². The van der Waals surface area contributed by atoms with E-state index in [0.717, 1.165) is 5.56 Å². The predicted molar refractivity (Wildman–Crippen MR) is 87.7 cm³/mol. The van der Waals surface area contributed by atoms with Crippen LogP contribution in [0.1, 0.15) is 26.3 Å². The lowest BCUT2D eigenvalue weighted by Gasteiger charge is -2.18. The minimum Gasteiger partial charge on any atom is -0.265 e.